The minimum atomic E-state index is -0.471. The van der Waals surface area contributed by atoms with Crippen molar-refractivity contribution in [3.63, 3.8) is 0 Å². The molecule has 0 bridgehead atoms. The standard InChI is InChI=1S/C19H24N2O3/c22-17-10-19(12-21(17)11-13-2-1-3-13)7-6-14-8-15(18(23)20-24)4-5-16(14)9-19/h4-5,8,13,24H,1-3,6-7,9-12H2,(H,20,23)/t19-/m0/s1. The van der Waals surface area contributed by atoms with Gasteiger partial charge in [0, 0.05) is 30.5 Å². The number of rotatable bonds is 3. The van der Waals surface area contributed by atoms with Gasteiger partial charge >= 0.3 is 0 Å². The number of carbonyl (C=O) groups excluding carboxylic acids is 2. The molecule has 128 valence electrons. The van der Waals surface area contributed by atoms with Crippen LogP contribution in [0.2, 0.25) is 0 Å². The molecule has 2 fully saturated rings. The van der Waals surface area contributed by atoms with Gasteiger partial charge in [0.1, 0.15) is 0 Å². The first-order chi connectivity index (χ1) is 11.6. The summed E-state index contributed by atoms with van der Waals surface area (Å²) in [5.41, 5.74) is 4.67. The lowest BCUT2D eigenvalue weighted by Gasteiger charge is -2.35. The first-order valence-corrected chi connectivity index (χ1v) is 8.93. The first kappa shape index (κ1) is 15.6. The molecule has 5 nitrogen and oxygen atoms in total. The zero-order chi connectivity index (χ0) is 16.7. The van der Waals surface area contributed by atoms with Crippen molar-refractivity contribution >= 4 is 11.8 Å². The number of fused-ring (bicyclic) bond motifs is 1. The minimum Gasteiger partial charge on any atom is -0.342 e. The lowest BCUT2D eigenvalue weighted by molar-refractivity contribution is -0.128. The Kier molecular flexibility index (Phi) is 3.83. The lowest BCUT2D eigenvalue weighted by atomic mass is 9.70. The summed E-state index contributed by atoms with van der Waals surface area (Å²) in [5, 5.41) is 8.77. The van der Waals surface area contributed by atoms with Gasteiger partial charge in [-0.1, -0.05) is 12.5 Å². The van der Waals surface area contributed by atoms with Gasteiger partial charge in [-0.2, -0.15) is 0 Å². The fourth-order valence-electron chi connectivity index (χ4n) is 4.55. The van der Waals surface area contributed by atoms with Crippen LogP contribution in [0.1, 0.15) is 53.6 Å². The van der Waals surface area contributed by atoms with E-state index in [0.29, 0.717) is 17.9 Å². The number of hydrogen-bond donors (Lipinski definition) is 2. The summed E-state index contributed by atoms with van der Waals surface area (Å²) in [6, 6.07) is 5.61. The number of amides is 2. The van der Waals surface area contributed by atoms with E-state index in [0.717, 1.165) is 38.3 Å². The van der Waals surface area contributed by atoms with Crippen LogP contribution in [0.15, 0.2) is 18.2 Å². The van der Waals surface area contributed by atoms with Crippen molar-refractivity contribution in [2.75, 3.05) is 13.1 Å². The van der Waals surface area contributed by atoms with E-state index in [1.54, 1.807) is 11.5 Å². The highest BCUT2D eigenvalue weighted by Gasteiger charge is 2.45. The first-order valence-electron chi connectivity index (χ1n) is 8.93. The van der Waals surface area contributed by atoms with Crippen molar-refractivity contribution in [1.82, 2.24) is 10.4 Å². The molecule has 0 radical (unpaired) electrons. The summed E-state index contributed by atoms with van der Waals surface area (Å²) in [6.45, 7) is 1.84. The minimum absolute atomic E-state index is 0.0780. The van der Waals surface area contributed by atoms with Crippen molar-refractivity contribution < 1.29 is 14.8 Å². The van der Waals surface area contributed by atoms with Gasteiger partial charge in [-0.3, -0.25) is 14.8 Å². The van der Waals surface area contributed by atoms with Gasteiger partial charge in [-0.25, -0.2) is 5.48 Å². The van der Waals surface area contributed by atoms with E-state index in [1.807, 2.05) is 12.1 Å². The van der Waals surface area contributed by atoms with Crippen molar-refractivity contribution in [3.8, 4) is 0 Å². The Hall–Kier alpha value is -1.88. The Balaban J connectivity index is 1.49. The molecule has 1 aromatic rings. The number of nitrogens with zero attached hydrogens (tertiary/aromatic N) is 1. The monoisotopic (exact) mass is 328 g/mol. The summed E-state index contributed by atoms with van der Waals surface area (Å²) in [5.74, 6) is 0.571. The predicted octanol–water partition coefficient (Wildman–Crippen LogP) is 2.31. The molecule has 4 rings (SSSR count). The fourth-order valence-corrected chi connectivity index (χ4v) is 4.55. The molecule has 2 N–H and O–H groups in total. The summed E-state index contributed by atoms with van der Waals surface area (Å²) in [7, 11) is 0. The zero-order valence-electron chi connectivity index (χ0n) is 13.9. The van der Waals surface area contributed by atoms with Crippen LogP contribution in [0.4, 0.5) is 0 Å². The Bertz CT molecular complexity index is 683. The molecule has 1 atom stereocenters. The molecule has 1 saturated heterocycles. The maximum absolute atomic E-state index is 12.5. The molecule has 1 heterocycles. The van der Waals surface area contributed by atoms with Crippen molar-refractivity contribution in [2.24, 2.45) is 11.3 Å². The second-order valence-corrected chi connectivity index (χ2v) is 7.85. The Morgan fingerprint density at radius 2 is 2.12 bits per heavy atom. The van der Waals surface area contributed by atoms with Gasteiger partial charge in [0.25, 0.3) is 5.91 Å². The maximum Gasteiger partial charge on any atom is 0.274 e. The van der Waals surface area contributed by atoms with Gasteiger partial charge in [0.15, 0.2) is 0 Å². The summed E-state index contributed by atoms with van der Waals surface area (Å²) in [6.07, 6.45) is 7.33. The molecule has 0 aromatic heterocycles. The highest BCUT2D eigenvalue weighted by molar-refractivity contribution is 5.93. The van der Waals surface area contributed by atoms with Crippen molar-refractivity contribution in [2.45, 2.75) is 44.9 Å². The molecule has 2 aliphatic carbocycles. The fraction of sp³-hybridized carbons (Fsp3) is 0.579. The normalized spacial score (nSPS) is 26.4. The number of likely N-dealkylation sites (tertiary alicyclic amines) is 1. The molecule has 3 aliphatic rings. The van der Waals surface area contributed by atoms with Crippen molar-refractivity contribution in [1.29, 1.82) is 0 Å². The Morgan fingerprint density at radius 3 is 2.83 bits per heavy atom. The third-order valence-corrected chi connectivity index (χ3v) is 6.17. The molecular formula is C19H24N2O3. The lowest BCUT2D eigenvalue weighted by Crippen LogP contribution is -2.37. The van der Waals surface area contributed by atoms with Crippen LogP contribution in [-0.2, 0) is 17.6 Å². The van der Waals surface area contributed by atoms with E-state index in [2.05, 4.69) is 4.90 Å². The second kappa shape index (κ2) is 5.88. The Morgan fingerprint density at radius 1 is 1.29 bits per heavy atom. The summed E-state index contributed by atoms with van der Waals surface area (Å²) in [4.78, 5) is 26.1. The van der Waals surface area contributed by atoms with E-state index in [-0.39, 0.29) is 5.41 Å². The number of aryl methyl sites for hydroxylation is 1. The Labute approximate surface area is 142 Å². The SMILES string of the molecule is O=C(NO)c1ccc2c(c1)CC[C@@]1(CC(=O)N(CC3CCC3)C1)C2. The van der Waals surface area contributed by atoms with Crippen LogP contribution in [0.5, 0.6) is 0 Å². The molecule has 2 amide bonds. The quantitative estimate of drug-likeness (QED) is 0.661. The van der Waals surface area contributed by atoms with Gasteiger partial charge in [0.05, 0.1) is 0 Å². The van der Waals surface area contributed by atoms with E-state index in [1.165, 1.54) is 30.4 Å². The van der Waals surface area contributed by atoms with Crippen molar-refractivity contribution in [3.05, 3.63) is 34.9 Å². The van der Waals surface area contributed by atoms with Crippen LogP contribution in [-0.4, -0.2) is 35.0 Å². The third-order valence-electron chi connectivity index (χ3n) is 6.17. The smallest absolute Gasteiger partial charge is 0.274 e. The van der Waals surface area contributed by atoms with Gasteiger partial charge in [0.2, 0.25) is 5.91 Å². The summed E-state index contributed by atoms with van der Waals surface area (Å²) >= 11 is 0. The summed E-state index contributed by atoms with van der Waals surface area (Å²) < 4.78 is 0. The highest BCUT2D eigenvalue weighted by Crippen LogP contribution is 2.44. The highest BCUT2D eigenvalue weighted by atomic mass is 16.5. The van der Waals surface area contributed by atoms with Crippen LogP contribution in [0.3, 0.4) is 0 Å². The molecule has 0 unspecified atom stereocenters. The zero-order valence-corrected chi connectivity index (χ0v) is 13.9. The number of nitrogens with one attached hydrogen (secondary N) is 1. The predicted molar refractivity (Wildman–Crippen MR) is 88.7 cm³/mol. The van der Waals surface area contributed by atoms with Crippen LogP contribution >= 0.6 is 0 Å². The average molecular weight is 328 g/mol. The molecule has 1 saturated carbocycles. The molecule has 1 aromatic carbocycles. The maximum atomic E-state index is 12.5. The topological polar surface area (TPSA) is 69.6 Å². The molecule has 5 heteroatoms. The second-order valence-electron chi connectivity index (χ2n) is 7.85. The number of carbonyl (C=O) groups is 2. The van der Waals surface area contributed by atoms with Gasteiger partial charge < -0.3 is 4.90 Å². The molecule has 1 aliphatic heterocycles. The number of hydrogen-bond acceptors (Lipinski definition) is 3. The van der Waals surface area contributed by atoms with Crippen LogP contribution < -0.4 is 5.48 Å². The van der Waals surface area contributed by atoms with E-state index in [4.69, 9.17) is 5.21 Å². The van der Waals surface area contributed by atoms with Gasteiger partial charge in [-0.15, -0.1) is 0 Å². The largest absolute Gasteiger partial charge is 0.342 e. The average Bonchev–Trinajstić information content (AvgIpc) is 2.85. The third kappa shape index (κ3) is 2.71. The molecule has 24 heavy (non-hydrogen) atoms. The number of hydroxylamine groups is 1. The van der Waals surface area contributed by atoms with Crippen LogP contribution in [0.25, 0.3) is 0 Å². The number of benzene rings is 1. The van der Waals surface area contributed by atoms with E-state index >= 15 is 0 Å². The van der Waals surface area contributed by atoms with Crippen LogP contribution in [0, 0.1) is 11.3 Å². The molecule has 1 spiro atoms. The van der Waals surface area contributed by atoms with E-state index in [9.17, 15) is 9.59 Å². The van der Waals surface area contributed by atoms with Gasteiger partial charge in [-0.05, 0) is 61.3 Å². The van der Waals surface area contributed by atoms with E-state index < -0.39 is 5.91 Å². The molecular weight excluding hydrogens is 304 g/mol.